The molecule has 5 heteroatoms. The van der Waals surface area contributed by atoms with Gasteiger partial charge in [-0.2, -0.15) is 0 Å². The molecule has 0 aromatic carbocycles. The highest BCUT2D eigenvalue weighted by Crippen LogP contribution is 2.14. The fourth-order valence-corrected chi connectivity index (χ4v) is 1.03. The van der Waals surface area contributed by atoms with Gasteiger partial charge in [-0.3, -0.25) is 0 Å². The second kappa shape index (κ2) is 7.95. The van der Waals surface area contributed by atoms with Gasteiger partial charge < -0.3 is 14.8 Å². The average molecular weight is 253 g/mol. The minimum atomic E-state index is -2.84. The van der Waals surface area contributed by atoms with Crippen LogP contribution in [0.4, 0.5) is 8.78 Å². The van der Waals surface area contributed by atoms with Crippen LogP contribution in [0.5, 0.6) is 0 Å². The van der Waals surface area contributed by atoms with Crippen molar-refractivity contribution in [2.24, 2.45) is 0 Å². The first-order valence-corrected chi connectivity index (χ1v) is 6.05. The van der Waals surface area contributed by atoms with Gasteiger partial charge in [0.1, 0.15) is 6.61 Å². The Morgan fingerprint density at radius 2 is 1.59 bits per heavy atom. The van der Waals surface area contributed by atoms with Crippen molar-refractivity contribution in [1.29, 1.82) is 0 Å². The van der Waals surface area contributed by atoms with Gasteiger partial charge in [-0.15, -0.1) is 0 Å². The monoisotopic (exact) mass is 253 g/mol. The molecule has 0 aliphatic carbocycles. The molecule has 1 N–H and O–H groups in total. The lowest BCUT2D eigenvalue weighted by Gasteiger charge is -2.25. The summed E-state index contributed by atoms with van der Waals surface area (Å²) in [5.74, 6) is -2.84. The second-order valence-electron chi connectivity index (χ2n) is 5.12. The second-order valence-corrected chi connectivity index (χ2v) is 5.12. The molecular formula is C12H25F2NO2. The molecule has 0 saturated carbocycles. The summed E-state index contributed by atoms with van der Waals surface area (Å²) in [6, 6.07) is 0. The third-order valence-electron chi connectivity index (χ3n) is 1.91. The molecule has 0 aromatic heterocycles. The van der Waals surface area contributed by atoms with E-state index in [1.807, 2.05) is 27.7 Å². The molecule has 0 atom stereocenters. The van der Waals surface area contributed by atoms with E-state index in [-0.39, 0.29) is 18.7 Å². The van der Waals surface area contributed by atoms with Crippen molar-refractivity contribution in [3.63, 3.8) is 0 Å². The van der Waals surface area contributed by atoms with Crippen LogP contribution in [-0.4, -0.2) is 44.4 Å². The van der Waals surface area contributed by atoms with Crippen LogP contribution in [-0.2, 0) is 9.47 Å². The Morgan fingerprint density at radius 3 is 2.12 bits per heavy atom. The molecule has 0 aromatic rings. The van der Waals surface area contributed by atoms with Gasteiger partial charge in [0.25, 0.3) is 5.92 Å². The zero-order valence-corrected chi connectivity index (χ0v) is 11.3. The van der Waals surface area contributed by atoms with E-state index in [2.05, 4.69) is 5.32 Å². The van der Waals surface area contributed by atoms with Crippen LogP contribution < -0.4 is 5.32 Å². The van der Waals surface area contributed by atoms with Crippen molar-refractivity contribution in [3.05, 3.63) is 0 Å². The highest BCUT2D eigenvalue weighted by Gasteiger charge is 2.30. The van der Waals surface area contributed by atoms with Crippen LogP contribution >= 0.6 is 0 Å². The number of rotatable bonds is 9. The maximum atomic E-state index is 13.3. The highest BCUT2D eigenvalue weighted by molar-refractivity contribution is 4.76. The topological polar surface area (TPSA) is 30.5 Å². The fraction of sp³-hybridized carbons (Fsp3) is 1.00. The number of hydrogen-bond acceptors (Lipinski definition) is 3. The standard InChI is InChI=1S/C12H25F2NO2/c1-5-6-16-7-8-17-10-12(13,14)9-15-11(2,3)4/h15H,5-10H2,1-4H3. The molecule has 0 amide bonds. The number of halogens is 2. The summed E-state index contributed by atoms with van der Waals surface area (Å²) < 4.78 is 36.6. The van der Waals surface area contributed by atoms with Crippen LogP contribution in [0.3, 0.4) is 0 Å². The van der Waals surface area contributed by atoms with Crippen LogP contribution in [0.25, 0.3) is 0 Å². The first-order valence-electron chi connectivity index (χ1n) is 6.05. The molecule has 0 aliphatic heterocycles. The Morgan fingerprint density at radius 1 is 1.00 bits per heavy atom. The van der Waals surface area contributed by atoms with E-state index < -0.39 is 12.5 Å². The normalized spacial score (nSPS) is 13.1. The minimum absolute atomic E-state index is 0.213. The maximum Gasteiger partial charge on any atom is 0.283 e. The van der Waals surface area contributed by atoms with Gasteiger partial charge >= 0.3 is 0 Å². The zero-order valence-electron chi connectivity index (χ0n) is 11.3. The van der Waals surface area contributed by atoms with E-state index >= 15 is 0 Å². The average Bonchev–Trinajstić information content (AvgIpc) is 2.20. The zero-order chi connectivity index (χ0) is 13.4. The minimum Gasteiger partial charge on any atom is -0.379 e. The predicted octanol–water partition coefficient (Wildman–Crippen LogP) is 2.45. The van der Waals surface area contributed by atoms with Gasteiger partial charge in [-0.05, 0) is 27.2 Å². The van der Waals surface area contributed by atoms with Crippen molar-refractivity contribution in [1.82, 2.24) is 5.32 Å². The van der Waals surface area contributed by atoms with E-state index in [9.17, 15) is 8.78 Å². The molecule has 0 heterocycles. The van der Waals surface area contributed by atoms with Crippen molar-refractivity contribution in [2.75, 3.05) is 33.0 Å². The third kappa shape index (κ3) is 12.0. The van der Waals surface area contributed by atoms with Crippen LogP contribution in [0, 0.1) is 0 Å². The summed E-state index contributed by atoms with van der Waals surface area (Å²) in [5, 5.41) is 2.76. The SMILES string of the molecule is CCCOCCOCC(F)(F)CNC(C)(C)C. The smallest absolute Gasteiger partial charge is 0.283 e. The van der Waals surface area contributed by atoms with Crippen molar-refractivity contribution in [2.45, 2.75) is 45.6 Å². The van der Waals surface area contributed by atoms with Crippen LogP contribution in [0.1, 0.15) is 34.1 Å². The van der Waals surface area contributed by atoms with Gasteiger partial charge in [-0.25, -0.2) is 8.78 Å². The number of hydrogen-bond donors (Lipinski definition) is 1. The molecule has 3 nitrogen and oxygen atoms in total. The van der Waals surface area contributed by atoms with Gasteiger partial charge in [-0.1, -0.05) is 6.92 Å². The van der Waals surface area contributed by atoms with E-state index in [0.29, 0.717) is 13.2 Å². The molecule has 104 valence electrons. The lowest BCUT2D eigenvalue weighted by molar-refractivity contribution is -0.0855. The first kappa shape index (κ1) is 16.7. The molecule has 0 unspecified atom stereocenters. The quantitative estimate of drug-likeness (QED) is 0.640. The van der Waals surface area contributed by atoms with E-state index in [1.165, 1.54) is 0 Å². The van der Waals surface area contributed by atoms with Crippen molar-refractivity contribution >= 4 is 0 Å². The van der Waals surface area contributed by atoms with E-state index in [0.717, 1.165) is 6.42 Å². The van der Waals surface area contributed by atoms with E-state index in [4.69, 9.17) is 9.47 Å². The summed E-state index contributed by atoms with van der Waals surface area (Å²) >= 11 is 0. The summed E-state index contributed by atoms with van der Waals surface area (Å²) in [7, 11) is 0. The van der Waals surface area contributed by atoms with Crippen molar-refractivity contribution in [3.8, 4) is 0 Å². The van der Waals surface area contributed by atoms with Crippen LogP contribution in [0.2, 0.25) is 0 Å². The van der Waals surface area contributed by atoms with E-state index in [1.54, 1.807) is 0 Å². The Kier molecular flexibility index (Phi) is 7.83. The largest absolute Gasteiger partial charge is 0.379 e. The lowest BCUT2D eigenvalue weighted by Crippen LogP contribution is -2.45. The lowest BCUT2D eigenvalue weighted by atomic mass is 10.1. The first-order chi connectivity index (χ1) is 7.77. The molecular weight excluding hydrogens is 228 g/mol. The maximum absolute atomic E-state index is 13.3. The molecule has 17 heavy (non-hydrogen) atoms. The summed E-state index contributed by atoms with van der Waals surface area (Å²) in [5.41, 5.74) is -0.312. The fourth-order valence-electron chi connectivity index (χ4n) is 1.03. The predicted molar refractivity (Wildman–Crippen MR) is 64.6 cm³/mol. The highest BCUT2D eigenvalue weighted by atomic mass is 19.3. The van der Waals surface area contributed by atoms with Gasteiger partial charge in [0.2, 0.25) is 0 Å². The summed E-state index contributed by atoms with van der Waals surface area (Å²) in [6.45, 7) is 7.84. The Labute approximate surface area is 103 Å². The molecule has 0 rings (SSSR count). The van der Waals surface area contributed by atoms with Gasteiger partial charge in [0.05, 0.1) is 19.8 Å². The Hall–Kier alpha value is -0.260. The van der Waals surface area contributed by atoms with Crippen molar-refractivity contribution < 1.29 is 18.3 Å². The Bertz CT molecular complexity index is 193. The number of ether oxygens (including phenoxy) is 2. The van der Waals surface area contributed by atoms with Gasteiger partial charge in [0, 0.05) is 12.1 Å². The molecule has 0 aliphatic rings. The Balaban J connectivity index is 3.57. The van der Waals surface area contributed by atoms with Crippen LogP contribution in [0.15, 0.2) is 0 Å². The van der Waals surface area contributed by atoms with Gasteiger partial charge in [0.15, 0.2) is 0 Å². The molecule has 0 spiro atoms. The summed E-state index contributed by atoms with van der Waals surface area (Å²) in [4.78, 5) is 0. The molecule has 0 bridgehead atoms. The number of nitrogens with one attached hydrogen (secondary N) is 1. The molecule has 0 saturated heterocycles. The third-order valence-corrected chi connectivity index (χ3v) is 1.91. The molecule has 0 radical (unpaired) electrons. The summed E-state index contributed by atoms with van der Waals surface area (Å²) in [6.07, 6.45) is 0.922. The number of alkyl halides is 2. The molecule has 0 fully saturated rings.